The number of amides is 2. The van der Waals surface area contributed by atoms with Crippen molar-refractivity contribution in [1.29, 1.82) is 0 Å². The maximum atomic E-state index is 13.9. The van der Waals surface area contributed by atoms with Crippen molar-refractivity contribution < 1.29 is 23.5 Å². The van der Waals surface area contributed by atoms with Crippen LogP contribution in [0.3, 0.4) is 0 Å². The van der Waals surface area contributed by atoms with Gasteiger partial charge in [0.05, 0.1) is 19.3 Å². The van der Waals surface area contributed by atoms with Gasteiger partial charge in [-0.25, -0.2) is 4.39 Å². The first kappa shape index (κ1) is 20.4. The Morgan fingerprint density at radius 1 is 1.31 bits per heavy atom. The first-order chi connectivity index (χ1) is 14.0. The van der Waals surface area contributed by atoms with E-state index in [-0.39, 0.29) is 24.1 Å². The van der Waals surface area contributed by atoms with Gasteiger partial charge >= 0.3 is 0 Å². The van der Waals surface area contributed by atoms with Crippen molar-refractivity contribution in [1.82, 2.24) is 5.32 Å². The Labute approximate surface area is 168 Å². The Kier molecular flexibility index (Phi) is 6.49. The third-order valence-electron chi connectivity index (χ3n) is 4.48. The van der Waals surface area contributed by atoms with Gasteiger partial charge in [-0.2, -0.15) is 0 Å². The molecule has 29 heavy (non-hydrogen) atoms. The molecule has 1 aliphatic rings. The summed E-state index contributed by atoms with van der Waals surface area (Å²) in [5.41, 5.74) is 1.11. The molecule has 2 aromatic rings. The molecule has 1 N–H and O–H groups in total. The standard InChI is InChI=1S/C22H23FN2O4/c1-3-12-24-22(27)20-14-25(17-6-4-5-7-19(17)29-20)21(26)11-9-15-8-10-18(28-2)16(23)13-15/h4-11,13,20H,3,12,14H2,1-2H3,(H,24,27)/b11-9+/t20-/m0/s1. The zero-order valence-corrected chi connectivity index (χ0v) is 16.4. The highest BCUT2D eigenvalue weighted by Crippen LogP contribution is 2.33. The second-order valence-electron chi connectivity index (χ2n) is 6.54. The second kappa shape index (κ2) is 9.23. The molecule has 2 amide bonds. The molecule has 0 fully saturated rings. The highest BCUT2D eigenvalue weighted by Gasteiger charge is 2.32. The van der Waals surface area contributed by atoms with Crippen molar-refractivity contribution in [2.45, 2.75) is 19.4 Å². The van der Waals surface area contributed by atoms with Gasteiger partial charge in [0.25, 0.3) is 11.8 Å². The van der Waals surface area contributed by atoms with Gasteiger partial charge in [-0.05, 0) is 42.3 Å². The van der Waals surface area contributed by atoms with Crippen LogP contribution in [0.15, 0.2) is 48.5 Å². The summed E-state index contributed by atoms with van der Waals surface area (Å²) in [6.07, 6.45) is 2.88. The van der Waals surface area contributed by atoms with Crippen LogP contribution in [-0.2, 0) is 9.59 Å². The molecule has 0 radical (unpaired) electrons. The number of rotatable bonds is 6. The largest absolute Gasteiger partial charge is 0.494 e. The molecule has 6 nitrogen and oxygen atoms in total. The number of halogens is 1. The number of para-hydroxylation sites is 2. The van der Waals surface area contributed by atoms with E-state index >= 15 is 0 Å². The smallest absolute Gasteiger partial charge is 0.262 e. The number of hydrogen-bond donors (Lipinski definition) is 1. The Morgan fingerprint density at radius 3 is 2.83 bits per heavy atom. The normalized spacial score (nSPS) is 15.6. The van der Waals surface area contributed by atoms with Gasteiger partial charge in [-0.15, -0.1) is 0 Å². The first-order valence-electron chi connectivity index (χ1n) is 9.40. The van der Waals surface area contributed by atoms with Gasteiger partial charge in [0.1, 0.15) is 5.75 Å². The highest BCUT2D eigenvalue weighted by atomic mass is 19.1. The summed E-state index contributed by atoms with van der Waals surface area (Å²) in [6, 6.07) is 11.5. The summed E-state index contributed by atoms with van der Waals surface area (Å²) in [6.45, 7) is 2.59. The van der Waals surface area contributed by atoms with Crippen molar-refractivity contribution in [3.8, 4) is 11.5 Å². The van der Waals surface area contributed by atoms with Crippen LogP contribution >= 0.6 is 0 Å². The molecule has 1 aliphatic heterocycles. The van der Waals surface area contributed by atoms with Gasteiger partial charge in [0, 0.05) is 12.6 Å². The summed E-state index contributed by atoms with van der Waals surface area (Å²) < 4.78 is 24.5. The van der Waals surface area contributed by atoms with Crippen LogP contribution in [0.4, 0.5) is 10.1 Å². The number of nitrogens with one attached hydrogen (secondary N) is 1. The molecule has 152 valence electrons. The van der Waals surface area contributed by atoms with E-state index in [0.717, 1.165) is 6.42 Å². The lowest BCUT2D eigenvalue weighted by Crippen LogP contribution is -2.50. The number of methoxy groups -OCH3 is 1. The van der Waals surface area contributed by atoms with Gasteiger partial charge < -0.3 is 19.7 Å². The van der Waals surface area contributed by atoms with Crippen molar-refractivity contribution in [2.24, 2.45) is 0 Å². The average Bonchev–Trinajstić information content (AvgIpc) is 2.75. The van der Waals surface area contributed by atoms with E-state index in [2.05, 4.69) is 5.32 Å². The van der Waals surface area contributed by atoms with Crippen molar-refractivity contribution in [3.05, 3.63) is 59.9 Å². The SMILES string of the molecule is CCCNC(=O)[C@@H]1CN(C(=O)/C=C/c2ccc(OC)c(F)c2)c2ccccc2O1. The van der Waals surface area contributed by atoms with E-state index in [1.54, 1.807) is 30.3 Å². The number of carbonyl (C=O) groups is 2. The molecule has 1 heterocycles. The molecular weight excluding hydrogens is 375 g/mol. The number of nitrogens with zero attached hydrogens (tertiary/aromatic N) is 1. The molecule has 7 heteroatoms. The van der Waals surface area contributed by atoms with Crippen LogP contribution < -0.4 is 19.7 Å². The van der Waals surface area contributed by atoms with Gasteiger partial charge in [-0.3, -0.25) is 9.59 Å². The zero-order valence-electron chi connectivity index (χ0n) is 16.4. The van der Waals surface area contributed by atoms with Crippen molar-refractivity contribution in [3.63, 3.8) is 0 Å². The topological polar surface area (TPSA) is 67.9 Å². The van der Waals surface area contributed by atoms with Gasteiger partial charge in [-0.1, -0.05) is 25.1 Å². The summed E-state index contributed by atoms with van der Waals surface area (Å²) in [5.74, 6) is -0.499. The lowest BCUT2D eigenvalue weighted by atomic mass is 10.1. The zero-order chi connectivity index (χ0) is 20.8. The predicted octanol–water partition coefficient (Wildman–Crippen LogP) is 3.17. The van der Waals surface area contributed by atoms with Gasteiger partial charge in [0.2, 0.25) is 0 Å². The fourth-order valence-corrected chi connectivity index (χ4v) is 2.99. The van der Waals surface area contributed by atoms with Crippen LogP contribution in [0, 0.1) is 5.82 Å². The Balaban J connectivity index is 1.80. The second-order valence-corrected chi connectivity index (χ2v) is 6.54. The number of hydrogen-bond acceptors (Lipinski definition) is 4. The molecule has 0 unspecified atom stereocenters. The van der Waals surface area contributed by atoms with E-state index in [9.17, 15) is 14.0 Å². The van der Waals surface area contributed by atoms with E-state index in [1.165, 1.54) is 36.3 Å². The van der Waals surface area contributed by atoms with E-state index in [1.807, 2.05) is 6.92 Å². The predicted molar refractivity (Wildman–Crippen MR) is 108 cm³/mol. The lowest BCUT2D eigenvalue weighted by molar-refractivity contribution is -0.128. The minimum atomic E-state index is -0.799. The van der Waals surface area contributed by atoms with Crippen LogP contribution in [-0.4, -0.2) is 38.1 Å². The van der Waals surface area contributed by atoms with Crippen molar-refractivity contribution >= 4 is 23.6 Å². The Hall–Kier alpha value is -3.35. The molecule has 1 atom stereocenters. The number of ether oxygens (including phenoxy) is 2. The Morgan fingerprint density at radius 2 is 2.10 bits per heavy atom. The number of fused-ring (bicyclic) bond motifs is 1. The van der Waals surface area contributed by atoms with E-state index in [0.29, 0.717) is 23.5 Å². The molecule has 0 saturated heterocycles. The van der Waals surface area contributed by atoms with E-state index < -0.39 is 11.9 Å². The molecule has 0 aliphatic carbocycles. The maximum absolute atomic E-state index is 13.9. The highest BCUT2D eigenvalue weighted by molar-refractivity contribution is 6.05. The van der Waals surface area contributed by atoms with Crippen LogP contribution in [0.25, 0.3) is 6.08 Å². The van der Waals surface area contributed by atoms with Gasteiger partial charge in [0.15, 0.2) is 17.7 Å². The minimum Gasteiger partial charge on any atom is -0.494 e. The summed E-state index contributed by atoms with van der Waals surface area (Å²) in [7, 11) is 1.39. The quantitative estimate of drug-likeness (QED) is 0.759. The fraction of sp³-hybridized carbons (Fsp3) is 0.273. The average molecular weight is 398 g/mol. The third kappa shape index (κ3) is 4.74. The molecule has 3 rings (SSSR count). The number of anilines is 1. The van der Waals surface area contributed by atoms with Crippen LogP contribution in [0.5, 0.6) is 11.5 Å². The maximum Gasteiger partial charge on any atom is 0.262 e. The van der Waals surface area contributed by atoms with Crippen LogP contribution in [0.2, 0.25) is 0 Å². The van der Waals surface area contributed by atoms with E-state index in [4.69, 9.17) is 9.47 Å². The molecule has 0 aromatic heterocycles. The minimum absolute atomic E-state index is 0.0900. The van der Waals surface area contributed by atoms with Crippen LogP contribution in [0.1, 0.15) is 18.9 Å². The molecule has 2 aromatic carbocycles. The van der Waals surface area contributed by atoms with Crippen molar-refractivity contribution in [2.75, 3.05) is 25.1 Å². The number of benzene rings is 2. The molecule has 0 bridgehead atoms. The first-order valence-corrected chi connectivity index (χ1v) is 9.40. The summed E-state index contributed by atoms with van der Waals surface area (Å²) in [5, 5.41) is 2.79. The lowest BCUT2D eigenvalue weighted by Gasteiger charge is -2.33. The Bertz CT molecular complexity index is 929. The molecule has 0 saturated carbocycles. The fourth-order valence-electron chi connectivity index (χ4n) is 2.99. The monoisotopic (exact) mass is 398 g/mol. The summed E-state index contributed by atoms with van der Waals surface area (Å²) in [4.78, 5) is 26.7. The molecule has 0 spiro atoms. The molecular formula is C22H23FN2O4. The summed E-state index contributed by atoms with van der Waals surface area (Å²) >= 11 is 0. The number of carbonyl (C=O) groups excluding carboxylic acids is 2. The third-order valence-corrected chi connectivity index (χ3v) is 4.48.